The molecule has 2 N–H and O–H groups in total. The Balaban J connectivity index is 2.74. The van der Waals surface area contributed by atoms with Crippen molar-refractivity contribution in [3.63, 3.8) is 0 Å². The number of nitrogens with one attached hydrogen (secondary N) is 1. The molecular weight excluding hydrogens is 284 g/mol. The summed E-state index contributed by atoms with van der Waals surface area (Å²) in [4.78, 5) is 26.6. The Bertz CT molecular complexity index is 499. The van der Waals surface area contributed by atoms with Crippen LogP contribution in [0.4, 0.5) is 4.79 Å². The molecule has 0 aliphatic carbocycles. The highest BCUT2D eigenvalue weighted by atomic mass is 35.5. The first-order valence-corrected chi connectivity index (χ1v) is 6.37. The van der Waals surface area contributed by atoms with E-state index in [9.17, 15) is 9.59 Å². The maximum Gasteiger partial charge on any atom is 0.408 e. The topological polar surface area (TPSA) is 88.5 Å². The van der Waals surface area contributed by atoms with Crippen LogP contribution in [-0.4, -0.2) is 33.8 Å². The Morgan fingerprint density at radius 3 is 2.65 bits per heavy atom. The molecule has 0 saturated carbocycles. The lowest BCUT2D eigenvalue weighted by Crippen LogP contribution is -2.44. The number of aliphatic carboxylic acids is 1. The maximum absolute atomic E-state index is 11.6. The second-order valence-corrected chi connectivity index (χ2v) is 5.62. The monoisotopic (exact) mass is 300 g/mol. The van der Waals surface area contributed by atoms with Gasteiger partial charge in [-0.25, -0.2) is 9.59 Å². The second kappa shape index (κ2) is 6.56. The van der Waals surface area contributed by atoms with Crippen LogP contribution < -0.4 is 5.32 Å². The summed E-state index contributed by atoms with van der Waals surface area (Å²) in [6.45, 7) is 5.09. The quantitative estimate of drug-likeness (QED) is 0.890. The largest absolute Gasteiger partial charge is 0.480 e. The Hall–Kier alpha value is -1.82. The third-order valence-electron chi connectivity index (χ3n) is 2.27. The number of halogens is 1. The zero-order chi connectivity index (χ0) is 15.3. The molecule has 1 aromatic rings. The molecule has 0 fully saturated rings. The standard InChI is InChI=1S/C13H17ClN2O4/c1-13(2,3)20-12(19)16-10(11(17)18)6-8-4-5-15-7-9(8)14/h4-5,7,10H,6H2,1-3H3,(H,16,19)(H,17,18)/t10-/m0/s1. The molecule has 1 aromatic heterocycles. The van der Waals surface area contributed by atoms with E-state index in [2.05, 4.69) is 10.3 Å². The van der Waals surface area contributed by atoms with Crippen molar-refractivity contribution >= 4 is 23.7 Å². The predicted octanol–water partition coefficient (Wildman–Crippen LogP) is 2.26. The smallest absolute Gasteiger partial charge is 0.408 e. The van der Waals surface area contributed by atoms with E-state index in [1.807, 2.05) is 0 Å². The molecule has 0 spiro atoms. The maximum atomic E-state index is 11.6. The third-order valence-corrected chi connectivity index (χ3v) is 2.61. The lowest BCUT2D eigenvalue weighted by atomic mass is 10.1. The Morgan fingerprint density at radius 2 is 2.15 bits per heavy atom. The molecule has 0 aliphatic rings. The van der Waals surface area contributed by atoms with Crippen molar-refractivity contribution < 1.29 is 19.4 Å². The predicted molar refractivity (Wildman–Crippen MR) is 73.7 cm³/mol. The van der Waals surface area contributed by atoms with Gasteiger partial charge in [0, 0.05) is 18.8 Å². The Morgan fingerprint density at radius 1 is 1.50 bits per heavy atom. The first-order chi connectivity index (χ1) is 9.19. The van der Waals surface area contributed by atoms with Crippen LogP contribution in [0.3, 0.4) is 0 Å². The van der Waals surface area contributed by atoms with Crippen LogP contribution in [0, 0.1) is 0 Å². The number of aromatic nitrogens is 1. The summed E-state index contributed by atoms with van der Waals surface area (Å²) in [6.07, 6.45) is 2.20. The average molecular weight is 301 g/mol. The summed E-state index contributed by atoms with van der Waals surface area (Å²) in [7, 11) is 0. The molecule has 0 aliphatic heterocycles. The Kier molecular flexibility index (Phi) is 5.33. The molecule has 0 unspecified atom stereocenters. The van der Waals surface area contributed by atoms with Gasteiger partial charge in [-0.1, -0.05) is 11.6 Å². The Labute approximate surface area is 122 Å². The zero-order valence-electron chi connectivity index (χ0n) is 11.5. The van der Waals surface area contributed by atoms with Crippen LogP contribution in [-0.2, 0) is 16.0 Å². The van der Waals surface area contributed by atoms with Crippen molar-refractivity contribution in [2.75, 3.05) is 0 Å². The normalized spacial score (nSPS) is 12.6. The summed E-state index contributed by atoms with van der Waals surface area (Å²) in [5.74, 6) is -1.16. The van der Waals surface area contributed by atoms with Gasteiger partial charge in [-0.2, -0.15) is 0 Å². The van der Waals surface area contributed by atoms with Gasteiger partial charge in [0.15, 0.2) is 0 Å². The van der Waals surface area contributed by atoms with E-state index in [1.165, 1.54) is 12.4 Å². The lowest BCUT2D eigenvalue weighted by molar-refractivity contribution is -0.139. The number of ether oxygens (including phenoxy) is 1. The van der Waals surface area contributed by atoms with E-state index in [-0.39, 0.29) is 6.42 Å². The number of rotatable bonds is 4. The molecule has 1 rings (SSSR count). The summed E-state index contributed by atoms with van der Waals surface area (Å²) in [5.41, 5.74) is -0.105. The van der Waals surface area contributed by atoms with Crippen molar-refractivity contribution in [2.24, 2.45) is 0 Å². The van der Waals surface area contributed by atoms with E-state index in [0.717, 1.165) is 0 Å². The highest BCUT2D eigenvalue weighted by Crippen LogP contribution is 2.16. The van der Waals surface area contributed by atoms with E-state index < -0.39 is 23.7 Å². The molecule has 1 amide bonds. The lowest BCUT2D eigenvalue weighted by Gasteiger charge is -2.22. The van der Waals surface area contributed by atoms with Crippen LogP contribution in [0.15, 0.2) is 18.5 Å². The number of nitrogens with zero attached hydrogens (tertiary/aromatic N) is 1. The molecule has 1 atom stereocenters. The second-order valence-electron chi connectivity index (χ2n) is 5.21. The van der Waals surface area contributed by atoms with Gasteiger partial charge >= 0.3 is 12.1 Å². The van der Waals surface area contributed by atoms with Crippen molar-refractivity contribution in [1.29, 1.82) is 0 Å². The van der Waals surface area contributed by atoms with E-state index in [1.54, 1.807) is 26.8 Å². The number of carbonyl (C=O) groups excluding carboxylic acids is 1. The van der Waals surface area contributed by atoms with Crippen LogP contribution in [0.2, 0.25) is 5.02 Å². The minimum atomic E-state index is -1.16. The van der Waals surface area contributed by atoms with Crippen LogP contribution in [0.5, 0.6) is 0 Å². The molecule has 0 radical (unpaired) electrons. The summed E-state index contributed by atoms with van der Waals surface area (Å²) in [5, 5.41) is 11.8. The zero-order valence-corrected chi connectivity index (χ0v) is 12.3. The number of carboxylic acid groups (broad SMARTS) is 1. The molecule has 0 bridgehead atoms. The molecule has 0 aromatic carbocycles. The van der Waals surface area contributed by atoms with Crippen molar-refractivity contribution in [3.05, 3.63) is 29.0 Å². The van der Waals surface area contributed by atoms with E-state index in [4.69, 9.17) is 21.4 Å². The number of carbonyl (C=O) groups is 2. The first kappa shape index (κ1) is 16.2. The third kappa shape index (κ3) is 5.44. The molecule has 1 heterocycles. The minimum Gasteiger partial charge on any atom is -0.480 e. The summed E-state index contributed by atoms with van der Waals surface area (Å²) < 4.78 is 5.03. The van der Waals surface area contributed by atoms with Crippen LogP contribution in [0.1, 0.15) is 26.3 Å². The van der Waals surface area contributed by atoms with Crippen LogP contribution in [0.25, 0.3) is 0 Å². The molecule has 110 valence electrons. The van der Waals surface area contributed by atoms with Gasteiger partial charge in [-0.3, -0.25) is 4.98 Å². The van der Waals surface area contributed by atoms with Gasteiger partial charge in [0.2, 0.25) is 0 Å². The van der Waals surface area contributed by atoms with Crippen molar-refractivity contribution in [1.82, 2.24) is 10.3 Å². The molecule has 6 nitrogen and oxygen atoms in total. The van der Waals surface area contributed by atoms with E-state index >= 15 is 0 Å². The summed E-state index contributed by atoms with van der Waals surface area (Å²) >= 11 is 5.92. The van der Waals surface area contributed by atoms with Gasteiger partial charge in [0.05, 0.1) is 5.02 Å². The van der Waals surface area contributed by atoms with Gasteiger partial charge in [-0.15, -0.1) is 0 Å². The highest BCUT2D eigenvalue weighted by Gasteiger charge is 2.24. The fourth-order valence-corrected chi connectivity index (χ4v) is 1.64. The number of hydrogen-bond donors (Lipinski definition) is 2. The average Bonchev–Trinajstić information content (AvgIpc) is 2.28. The van der Waals surface area contributed by atoms with E-state index in [0.29, 0.717) is 10.6 Å². The number of pyridine rings is 1. The summed E-state index contributed by atoms with van der Waals surface area (Å²) in [6, 6.07) is 0.486. The highest BCUT2D eigenvalue weighted by molar-refractivity contribution is 6.31. The number of carboxylic acids is 1. The number of alkyl carbamates (subject to hydrolysis) is 1. The fraction of sp³-hybridized carbons (Fsp3) is 0.462. The molecule has 7 heteroatoms. The molecule has 0 saturated heterocycles. The van der Waals surface area contributed by atoms with Crippen molar-refractivity contribution in [2.45, 2.75) is 38.8 Å². The van der Waals surface area contributed by atoms with Gasteiger partial charge in [0.25, 0.3) is 0 Å². The fourth-order valence-electron chi connectivity index (χ4n) is 1.44. The van der Waals surface area contributed by atoms with Gasteiger partial charge in [-0.05, 0) is 32.4 Å². The number of hydrogen-bond acceptors (Lipinski definition) is 4. The molecular formula is C13H17ClN2O4. The van der Waals surface area contributed by atoms with Gasteiger partial charge < -0.3 is 15.2 Å². The SMILES string of the molecule is CC(C)(C)OC(=O)N[C@@H](Cc1ccncc1Cl)C(=O)O. The number of amides is 1. The molecule has 20 heavy (non-hydrogen) atoms. The van der Waals surface area contributed by atoms with Crippen molar-refractivity contribution in [3.8, 4) is 0 Å². The van der Waals surface area contributed by atoms with Gasteiger partial charge in [0.1, 0.15) is 11.6 Å². The minimum absolute atomic E-state index is 0.0515. The van der Waals surface area contributed by atoms with Crippen LogP contribution >= 0.6 is 11.6 Å². The first-order valence-electron chi connectivity index (χ1n) is 6.00.